The minimum absolute atomic E-state index is 0.446. The number of hydrogen-bond donors (Lipinski definition) is 0. The number of thiophene rings is 2. The van der Waals surface area contributed by atoms with Gasteiger partial charge in [0.25, 0.3) is 0 Å². The van der Waals surface area contributed by atoms with Crippen LogP contribution in [0.5, 0.6) is 0 Å². The molecule has 0 saturated carbocycles. The third kappa shape index (κ3) is 6.49. The van der Waals surface area contributed by atoms with E-state index >= 15 is 4.57 Å². The molecule has 2 aliphatic rings. The van der Waals surface area contributed by atoms with E-state index in [-0.39, 0.29) is 0 Å². The van der Waals surface area contributed by atoms with Crippen LogP contribution < -0.4 is 25.7 Å². The van der Waals surface area contributed by atoms with Crippen molar-refractivity contribution in [1.82, 2.24) is 0 Å². The molecule has 8 heteroatoms. The number of anilines is 6. The third-order valence-corrected chi connectivity index (χ3v) is 17.3. The summed E-state index contributed by atoms with van der Waals surface area (Å²) in [5.74, 6) is -1.14. The Morgan fingerprint density at radius 2 is 0.721 bits per heavy atom. The average Bonchev–Trinajstić information content (AvgIpc) is 4.12. The van der Waals surface area contributed by atoms with Gasteiger partial charge in [-0.1, -0.05) is 127 Å². The number of fused-ring (bicyclic) bond motifs is 4. The van der Waals surface area contributed by atoms with Crippen molar-refractivity contribution in [1.29, 1.82) is 0 Å². The molecular weight excluding hydrogens is 808 g/mol. The summed E-state index contributed by atoms with van der Waals surface area (Å²) < 4.78 is 29.8. The summed E-state index contributed by atoms with van der Waals surface area (Å²) in [5.41, 5.74) is 8.50. The van der Waals surface area contributed by atoms with Crippen LogP contribution in [0, 0.1) is 0 Å². The van der Waals surface area contributed by atoms with E-state index < -0.39 is 12.9 Å². The average molecular weight is 847 g/mol. The van der Waals surface area contributed by atoms with Gasteiger partial charge in [0.2, 0.25) is 5.79 Å². The van der Waals surface area contributed by atoms with E-state index in [0.717, 1.165) is 80.7 Å². The second kappa shape index (κ2) is 15.6. The molecule has 2 aromatic heterocycles. The Bertz CT molecular complexity index is 2730. The Kier molecular flexibility index (Phi) is 9.65. The summed E-state index contributed by atoms with van der Waals surface area (Å²) in [7, 11) is -3.39. The van der Waals surface area contributed by atoms with Crippen molar-refractivity contribution in [3.63, 3.8) is 0 Å². The smallest absolute Gasteiger partial charge is 0.243 e. The lowest BCUT2D eigenvalue weighted by Gasteiger charge is -2.35. The van der Waals surface area contributed by atoms with E-state index in [0.29, 0.717) is 13.2 Å². The predicted octanol–water partition coefficient (Wildman–Crippen LogP) is 13.3. The monoisotopic (exact) mass is 846 g/mol. The molecule has 0 unspecified atom stereocenters. The van der Waals surface area contributed by atoms with Crippen LogP contribution in [0.4, 0.5) is 34.1 Å². The molecule has 0 atom stereocenters. The molecule has 0 bridgehead atoms. The molecular formula is C53H39N2O3PS2. The number of para-hydroxylation sites is 4. The van der Waals surface area contributed by atoms with Crippen LogP contribution in [-0.2, 0) is 19.8 Å². The van der Waals surface area contributed by atoms with Crippen LogP contribution in [0.1, 0.15) is 9.75 Å². The third-order valence-electron chi connectivity index (χ3n) is 11.4. The molecule has 296 valence electrons. The molecule has 0 amide bonds. The largest absolute Gasteiger partial charge is 0.338 e. The highest BCUT2D eigenvalue weighted by molar-refractivity contribution is 7.86. The fourth-order valence-corrected chi connectivity index (χ4v) is 15.1. The van der Waals surface area contributed by atoms with Crippen LogP contribution in [0.3, 0.4) is 0 Å². The first-order valence-electron chi connectivity index (χ1n) is 20.3. The van der Waals surface area contributed by atoms with E-state index in [1.807, 2.05) is 54.6 Å². The summed E-state index contributed by atoms with van der Waals surface area (Å²) >= 11 is 3.25. The maximum Gasteiger partial charge on any atom is 0.243 e. The molecule has 9 aromatic rings. The second-order valence-electron chi connectivity index (χ2n) is 15.0. The molecule has 1 saturated heterocycles. The van der Waals surface area contributed by atoms with Crippen LogP contribution in [0.2, 0.25) is 0 Å². The van der Waals surface area contributed by atoms with Crippen molar-refractivity contribution in [2.45, 2.75) is 5.79 Å². The molecule has 0 N–H and O–H groups in total. The number of ether oxygens (including phenoxy) is 2. The highest BCUT2D eigenvalue weighted by atomic mass is 32.1. The topological polar surface area (TPSA) is 42.0 Å². The first-order chi connectivity index (χ1) is 30.1. The van der Waals surface area contributed by atoms with Gasteiger partial charge in [-0.25, -0.2) is 0 Å². The van der Waals surface area contributed by atoms with Crippen molar-refractivity contribution in [2.75, 3.05) is 23.0 Å². The number of rotatable bonds is 9. The molecule has 0 radical (unpaired) electrons. The molecule has 11 rings (SSSR count). The van der Waals surface area contributed by atoms with E-state index in [1.165, 1.54) is 0 Å². The van der Waals surface area contributed by atoms with Crippen molar-refractivity contribution in [2.24, 2.45) is 0 Å². The summed E-state index contributed by atoms with van der Waals surface area (Å²) in [4.78, 5) is 8.28. The SMILES string of the molecule is O=P1(c2ccccc2)c2cc(-c3ccc(N(c4ccccc4)c4ccccc4)cc3)sc2C2(OCCO2)c2sc(-c3ccc(N(c4ccccc4)c4ccccc4)cc3)cc21. The van der Waals surface area contributed by atoms with Crippen LogP contribution >= 0.6 is 29.8 Å². The Morgan fingerprint density at radius 1 is 0.410 bits per heavy atom. The molecule has 61 heavy (non-hydrogen) atoms. The number of benzene rings is 7. The Hall–Kier alpha value is -6.31. The second-order valence-corrected chi connectivity index (χ2v) is 19.8. The van der Waals surface area contributed by atoms with Gasteiger partial charge in [0, 0.05) is 59.8 Å². The van der Waals surface area contributed by atoms with Crippen LogP contribution in [0.25, 0.3) is 20.9 Å². The fraction of sp³-hybridized carbons (Fsp3) is 0.0566. The standard InChI is InChI=1S/C53H39N2O3PS2/c56-59(46-24-14-5-15-25-46)47-36-49(38-26-30-44(31-27-38)54(40-16-6-1-7-17-40)41-18-8-2-9-19-41)60-51(47)53(57-34-35-58-53)52-48(59)37-50(61-52)39-28-32-45(33-29-39)55(42-20-10-3-11-21-42)43-22-12-4-13-23-43/h1-33,36-37H,34-35H2. The van der Waals surface area contributed by atoms with E-state index in [1.54, 1.807) is 22.7 Å². The van der Waals surface area contributed by atoms with Gasteiger partial charge in [0.05, 0.1) is 23.0 Å². The molecule has 0 aliphatic carbocycles. The van der Waals surface area contributed by atoms with Gasteiger partial charge in [-0.05, 0) is 96.1 Å². The van der Waals surface area contributed by atoms with Gasteiger partial charge < -0.3 is 23.8 Å². The zero-order valence-electron chi connectivity index (χ0n) is 33.0. The van der Waals surface area contributed by atoms with Gasteiger partial charge in [-0.3, -0.25) is 0 Å². The van der Waals surface area contributed by atoms with Crippen LogP contribution in [-0.4, -0.2) is 13.2 Å². The first-order valence-corrected chi connectivity index (χ1v) is 23.7. The molecule has 5 nitrogen and oxygen atoms in total. The highest BCUT2D eigenvalue weighted by Crippen LogP contribution is 2.60. The normalized spacial score (nSPS) is 14.6. The van der Waals surface area contributed by atoms with Crippen molar-refractivity contribution in [3.8, 4) is 20.9 Å². The van der Waals surface area contributed by atoms with Gasteiger partial charge in [-0.15, -0.1) is 22.7 Å². The van der Waals surface area contributed by atoms with Gasteiger partial charge in [0.1, 0.15) is 0 Å². The summed E-state index contributed by atoms with van der Waals surface area (Å²) in [6, 6.07) is 73.2. The zero-order chi connectivity index (χ0) is 40.8. The Balaban J connectivity index is 1.00. The lowest BCUT2D eigenvalue weighted by molar-refractivity contribution is -0.123. The van der Waals surface area contributed by atoms with Gasteiger partial charge >= 0.3 is 0 Å². The Morgan fingerprint density at radius 3 is 1.07 bits per heavy atom. The molecule has 2 aliphatic heterocycles. The van der Waals surface area contributed by atoms with E-state index in [9.17, 15) is 0 Å². The molecule has 1 fully saturated rings. The number of hydrogen-bond acceptors (Lipinski definition) is 7. The summed E-state index contributed by atoms with van der Waals surface area (Å²) in [5, 5.41) is 2.37. The van der Waals surface area contributed by atoms with Gasteiger partial charge in [0.15, 0.2) is 7.14 Å². The highest BCUT2D eigenvalue weighted by Gasteiger charge is 2.56. The molecule has 1 spiro atoms. The van der Waals surface area contributed by atoms with E-state index in [2.05, 4.69) is 168 Å². The lowest BCUT2D eigenvalue weighted by Crippen LogP contribution is -2.43. The summed E-state index contributed by atoms with van der Waals surface area (Å²) in [6.45, 7) is 0.893. The van der Waals surface area contributed by atoms with Crippen LogP contribution in [0.15, 0.2) is 212 Å². The maximum atomic E-state index is 16.3. The lowest BCUT2D eigenvalue weighted by atomic mass is 10.1. The van der Waals surface area contributed by atoms with Crippen molar-refractivity contribution in [3.05, 3.63) is 222 Å². The minimum atomic E-state index is -3.39. The molecule has 7 aromatic carbocycles. The van der Waals surface area contributed by atoms with Crippen molar-refractivity contribution < 1.29 is 14.0 Å². The fourth-order valence-electron chi connectivity index (χ4n) is 8.56. The van der Waals surface area contributed by atoms with Gasteiger partial charge in [-0.2, -0.15) is 0 Å². The first kappa shape index (κ1) is 37.7. The minimum Gasteiger partial charge on any atom is -0.338 e. The summed E-state index contributed by atoms with van der Waals surface area (Å²) in [6.07, 6.45) is 0. The molecule has 4 heterocycles. The van der Waals surface area contributed by atoms with Crippen molar-refractivity contribution >= 4 is 79.9 Å². The maximum absolute atomic E-state index is 16.3. The zero-order valence-corrected chi connectivity index (χ0v) is 35.5. The van der Waals surface area contributed by atoms with E-state index in [4.69, 9.17) is 9.47 Å². The predicted molar refractivity (Wildman–Crippen MR) is 255 cm³/mol. The number of nitrogens with zero attached hydrogens (tertiary/aromatic N) is 2. The Labute approximate surface area is 363 Å². The quantitative estimate of drug-likeness (QED) is 0.135.